The van der Waals surface area contributed by atoms with Gasteiger partial charge in [-0.15, -0.1) is 0 Å². The Balaban J connectivity index is 2.20. The number of methoxy groups -OCH3 is 1. The molecule has 0 atom stereocenters. The highest BCUT2D eigenvalue weighted by Gasteiger charge is 2.21. The molecule has 0 unspecified atom stereocenters. The molecule has 4 nitrogen and oxygen atoms in total. The third-order valence-electron chi connectivity index (χ3n) is 4.25. The first-order valence-electron chi connectivity index (χ1n) is 8.52. The van der Waals surface area contributed by atoms with Crippen LogP contribution in [0.3, 0.4) is 0 Å². The van der Waals surface area contributed by atoms with Crippen LogP contribution in [0, 0.1) is 12.8 Å². The third kappa shape index (κ3) is 3.38. The number of aromatic nitrogens is 2. The largest absolute Gasteiger partial charge is 0.504 e. The van der Waals surface area contributed by atoms with Crippen molar-refractivity contribution in [3.05, 3.63) is 59.8 Å². The molecule has 0 fully saturated rings. The summed E-state index contributed by atoms with van der Waals surface area (Å²) in [6.45, 7) is 6.29. The number of ether oxygens (including phenoxy) is 1. The highest BCUT2D eigenvalue weighted by atomic mass is 16.5. The van der Waals surface area contributed by atoms with Crippen molar-refractivity contribution < 1.29 is 9.84 Å². The lowest BCUT2D eigenvalue weighted by molar-refractivity contribution is 0.414. The zero-order valence-corrected chi connectivity index (χ0v) is 15.2. The number of rotatable bonds is 5. The maximum absolute atomic E-state index is 10.9. The average molecular weight is 336 g/mol. The van der Waals surface area contributed by atoms with Crippen molar-refractivity contribution in [2.24, 2.45) is 5.92 Å². The molecule has 4 heteroatoms. The molecule has 0 aliphatic heterocycles. The van der Waals surface area contributed by atoms with Gasteiger partial charge in [0.2, 0.25) is 0 Å². The molecule has 0 aliphatic carbocycles. The molecule has 25 heavy (non-hydrogen) atoms. The second-order valence-electron chi connectivity index (χ2n) is 6.67. The fourth-order valence-corrected chi connectivity index (χ4v) is 2.97. The number of aromatic hydroxyl groups is 1. The second-order valence-corrected chi connectivity index (χ2v) is 6.67. The normalized spacial score (nSPS) is 11.1. The molecule has 0 spiro atoms. The number of benzene rings is 2. The Labute approximate surface area is 148 Å². The Morgan fingerprint density at radius 1 is 1.08 bits per heavy atom. The lowest BCUT2D eigenvalue weighted by Gasteiger charge is -2.10. The molecule has 0 radical (unpaired) electrons. The van der Waals surface area contributed by atoms with Gasteiger partial charge in [-0.25, -0.2) is 4.68 Å². The van der Waals surface area contributed by atoms with E-state index in [1.165, 1.54) is 0 Å². The summed E-state index contributed by atoms with van der Waals surface area (Å²) in [4.78, 5) is 0. The van der Waals surface area contributed by atoms with Crippen molar-refractivity contribution in [2.75, 3.05) is 7.11 Å². The van der Waals surface area contributed by atoms with Crippen LogP contribution in [0.15, 0.2) is 48.5 Å². The first-order valence-corrected chi connectivity index (χ1v) is 8.52. The molecule has 1 aromatic heterocycles. The van der Waals surface area contributed by atoms with Gasteiger partial charge in [0.15, 0.2) is 5.75 Å². The van der Waals surface area contributed by atoms with Crippen LogP contribution in [0.2, 0.25) is 0 Å². The van der Waals surface area contributed by atoms with Crippen molar-refractivity contribution >= 4 is 0 Å². The van der Waals surface area contributed by atoms with E-state index in [9.17, 15) is 5.11 Å². The van der Waals surface area contributed by atoms with Gasteiger partial charge >= 0.3 is 0 Å². The molecule has 0 bridgehead atoms. The molecule has 3 aromatic rings. The summed E-state index contributed by atoms with van der Waals surface area (Å²) in [5, 5.41) is 15.6. The van der Waals surface area contributed by atoms with Gasteiger partial charge in [0.1, 0.15) is 17.1 Å². The van der Waals surface area contributed by atoms with Gasteiger partial charge in [-0.05, 0) is 49.1 Å². The fourth-order valence-electron chi connectivity index (χ4n) is 2.97. The maximum atomic E-state index is 10.9. The van der Waals surface area contributed by atoms with Gasteiger partial charge in [-0.2, -0.15) is 5.10 Å². The molecule has 0 amide bonds. The highest BCUT2D eigenvalue weighted by Crippen LogP contribution is 2.37. The van der Waals surface area contributed by atoms with E-state index in [1.807, 2.05) is 60.1 Å². The Morgan fingerprint density at radius 2 is 1.76 bits per heavy atom. The minimum absolute atomic E-state index is 0.263. The van der Waals surface area contributed by atoms with Gasteiger partial charge in [0.05, 0.1) is 12.8 Å². The predicted molar refractivity (Wildman–Crippen MR) is 100 cm³/mol. The summed E-state index contributed by atoms with van der Waals surface area (Å²) in [6, 6.07) is 15.7. The van der Waals surface area contributed by atoms with Crippen LogP contribution in [0.1, 0.15) is 25.1 Å². The zero-order valence-electron chi connectivity index (χ0n) is 15.2. The molecule has 1 N–H and O–H groups in total. The Morgan fingerprint density at radius 3 is 2.36 bits per heavy atom. The van der Waals surface area contributed by atoms with Crippen LogP contribution in [-0.2, 0) is 6.42 Å². The van der Waals surface area contributed by atoms with E-state index in [0.717, 1.165) is 40.4 Å². The molecule has 2 aromatic carbocycles. The summed E-state index contributed by atoms with van der Waals surface area (Å²) >= 11 is 0. The van der Waals surface area contributed by atoms with Gasteiger partial charge in [0.25, 0.3) is 0 Å². The van der Waals surface area contributed by atoms with Crippen LogP contribution < -0.4 is 4.74 Å². The van der Waals surface area contributed by atoms with E-state index in [0.29, 0.717) is 5.92 Å². The molecule has 0 saturated heterocycles. The van der Waals surface area contributed by atoms with Crippen molar-refractivity contribution in [3.8, 4) is 28.4 Å². The number of hydrogen-bond acceptors (Lipinski definition) is 3. The standard InChI is InChI=1S/C21H24N2O2/c1-14(2)13-19-21(24)20(18-8-6-5-7-15(18)3)23(22-19)16-9-11-17(25-4)12-10-16/h5-12,14,24H,13H2,1-4H3. The van der Waals surface area contributed by atoms with Crippen molar-refractivity contribution in [1.29, 1.82) is 0 Å². The second kappa shape index (κ2) is 7.01. The van der Waals surface area contributed by atoms with Gasteiger partial charge in [0, 0.05) is 5.56 Å². The molecule has 1 heterocycles. The van der Waals surface area contributed by atoms with E-state index >= 15 is 0 Å². The molecule has 0 aliphatic rings. The van der Waals surface area contributed by atoms with E-state index in [-0.39, 0.29) is 5.75 Å². The Hall–Kier alpha value is -2.75. The lowest BCUT2D eigenvalue weighted by Crippen LogP contribution is -2.01. The number of aryl methyl sites for hydroxylation is 1. The first kappa shape index (κ1) is 17.1. The van der Waals surface area contributed by atoms with Crippen LogP contribution in [0.25, 0.3) is 16.9 Å². The van der Waals surface area contributed by atoms with Gasteiger partial charge < -0.3 is 9.84 Å². The summed E-state index contributed by atoms with van der Waals surface area (Å²) in [6.07, 6.45) is 0.730. The molecular formula is C21H24N2O2. The zero-order chi connectivity index (χ0) is 18.0. The highest BCUT2D eigenvalue weighted by molar-refractivity contribution is 5.72. The predicted octanol–water partition coefficient (Wildman–Crippen LogP) is 4.76. The fraction of sp³-hybridized carbons (Fsp3) is 0.286. The van der Waals surface area contributed by atoms with Crippen LogP contribution in [-0.4, -0.2) is 22.0 Å². The maximum Gasteiger partial charge on any atom is 0.165 e. The smallest absolute Gasteiger partial charge is 0.165 e. The third-order valence-corrected chi connectivity index (χ3v) is 4.25. The summed E-state index contributed by atoms with van der Waals surface area (Å²) in [5.41, 5.74) is 4.44. The Kier molecular flexibility index (Phi) is 4.79. The molecule has 130 valence electrons. The van der Waals surface area contributed by atoms with E-state index in [1.54, 1.807) is 7.11 Å². The molecule has 3 rings (SSSR count). The average Bonchev–Trinajstić information content (AvgIpc) is 2.91. The van der Waals surface area contributed by atoms with Crippen molar-refractivity contribution in [1.82, 2.24) is 9.78 Å². The summed E-state index contributed by atoms with van der Waals surface area (Å²) in [7, 11) is 1.65. The summed E-state index contributed by atoms with van der Waals surface area (Å²) in [5.74, 6) is 1.47. The topological polar surface area (TPSA) is 47.3 Å². The minimum Gasteiger partial charge on any atom is -0.504 e. The lowest BCUT2D eigenvalue weighted by atomic mass is 10.0. The van der Waals surface area contributed by atoms with Crippen molar-refractivity contribution in [2.45, 2.75) is 27.2 Å². The SMILES string of the molecule is COc1ccc(-n2nc(CC(C)C)c(O)c2-c2ccccc2C)cc1. The quantitative estimate of drug-likeness (QED) is 0.731. The minimum atomic E-state index is 0.263. The van der Waals surface area contributed by atoms with Crippen molar-refractivity contribution in [3.63, 3.8) is 0 Å². The van der Waals surface area contributed by atoms with E-state index in [2.05, 4.69) is 13.8 Å². The van der Waals surface area contributed by atoms with Crippen LogP contribution in [0.5, 0.6) is 11.5 Å². The van der Waals surface area contributed by atoms with Crippen LogP contribution >= 0.6 is 0 Å². The number of hydrogen-bond donors (Lipinski definition) is 1. The summed E-state index contributed by atoms with van der Waals surface area (Å²) < 4.78 is 7.07. The van der Waals surface area contributed by atoms with Gasteiger partial charge in [-0.1, -0.05) is 38.1 Å². The first-order chi connectivity index (χ1) is 12.0. The van der Waals surface area contributed by atoms with Gasteiger partial charge in [-0.3, -0.25) is 0 Å². The molecular weight excluding hydrogens is 312 g/mol. The van der Waals surface area contributed by atoms with E-state index in [4.69, 9.17) is 9.84 Å². The van der Waals surface area contributed by atoms with E-state index < -0.39 is 0 Å². The monoisotopic (exact) mass is 336 g/mol. The van der Waals surface area contributed by atoms with Crippen LogP contribution in [0.4, 0.5) is 0 Å². The number of nitrogens with zero attached hydrogens (tertiary/aromatic N) is 2. The molecule has 0 saturated carbocycles. The Bertz CT molecular complexity index is 864.